The number of hydrogen-bond donors (Lipinski definition) is 0. The van der Waals surface area contributed by atoms with E-state index in [4.69, 9.17) is 0 Å². The molecule has 1 aliphatic rings. The minimum Gasteiger partial charge on any atom is -0.467 e. The van der Waals surface area contributed by atoms with Gasteiger partial charge < -0.3 is 9.47 Å². The largest absolute Gasteiger partial charge is 0.467 e. The van der Waals surface area contributed by atoms with E-state index in [1.165, 1.54) is 0 Å². The highest BCUT2D eigenvalue weighted by molar-refractivity contribution is 5.84. The molecular weight excluding hydrogens is 231 g/mol. The van der Waals surface area contributed by atoms with Gasteiger partial charge in [-0.1, -0.05) is 0 Å². The molecule has 0 spiro atoms. The highest BCUT2D eigenvalue weighted by atomic mass is 19.4. The molecule has 1 heterocycles. The van der Waals surface area contributed by atoms with E-state index in [2.05, 4.69) is 9.47 Å². The third-order valence-corrected chi connectivity index (χ3v) is 2.12. The minimum atomic E-state index is -4.73. The van der Waals surface area contributed by atoms with Gasteiger partial charge in [0.2, 0.25) is 12.1 Å². The van der Waals surface area contributed by atoms with Gasteiger partial charge in [-0.3, -0.25) is 9.69 Å². The molecule has 0 aromatic rings. The Bertz CT molecular complexity index is 304. The van der Waals surface area contributed by atoms with Crippen LogP contribution < -0.4 is 0 Å². The van der Waals surface area contributed by atoms with Crippen molar-refractivity contribution in [1.82, 2.24) is 4.90 Å². The van der Waals surface area contributed by atoms with Crippen molar-refractivity contribution < 1.29 is 32.2 Å². The van der Waals surface area contributed by atoms with Gasteiger partial charge in [0, 0.05) is 6.92 Å². The number of hydrogen-bond acceptors (Lipinski definition) is 4. The van der Waals surface area contributed by atoms with E-state index in [0.717, 1.165) is 14.0 Å². The summed E-state index contributed by atoms with van der Waals surface area (Å²) in [4.78, 5) is 22.5. The first-order chi connectivity index (χ1) is 7.29. The third kappa shape index (κ3) is 2.26. The smallest absolute Gasteiger partial charge is 0.433 e. The molecule has 1 fully saturated rings. The molecule has 1 amide bonds. The summed E-state index contributed by atoms with van der Waals surface area (Å²) in [6, 6.07) is -1.34. The molecule has 8 heteroatoms. The number of rotatable bonds is 1. The molecule has 0 aromatic heterocycles. The van der Waals surface area contributed by atoms with Crippen LogP contribution in [-0.2, 0) is 19.1 Å². The number of esters is 1. The number of halogens is 3. The van der Waals surface area contributed by atoms with Crippen molar-refractivity contribution in [2.45, 2.75) is 25.4 Å². The average molecular weight is 241 g/mol. The quantitative estimate of drug-likeness (QED) is 0.619. The first kappa shape index (κ1) is 12.8. The monoisotopic (exact) mass is 241 g/mol. The zero-order valence-corrected chi connectivity index (χ0v) is 8.58. The van der Waals surface area contributed by atoms with Crippen LogP contribution in [0.1, 0.15) is 6.92 Å². The SMILES string of the molecule is COC(=O)[C@@H]1CO[C@@H](C(F)(F)F)N1C(C)=O. The summed E-state index contributed by atoms with van der Waals surface area (Å²) in [6.45, 7) is 0.416. The molecule has 1 aliphatic heterocycles. The second-order valence-corrected chi connectivity index (χ2v) is 3.19. The van der Waals surface area contributed by atoms with Gasteiger partial charge in [-0.2, -0.15) is 13.2 Å². The van der Waals surface area contributed by atoms with Crippen molar-refractivity contribution in [1.29, 1.82) is 0 Å². The lowest BCUT2D eigenvalue weighted by Gasteiger charge is -2.26. The lowest BCUT2D eigenvalue weighted by molar-refractivity contribution is -0.239. The molecule has 2 atom stereocenters. The number of nitrogens with zero attached hydrogens (tertiary/aromatic N) is 1. The van der Waals surface area contributed by atoms with Crippen molar-refractivity contribution in [2.24, 2.45) is 0 Å². The van der Waals surface area contributed by atoms with E-state index in [1.807, 2.05) is 0 Å². The fourth-order valence-corrected chi connectivity index (χ4v) is 1.46. The van der Waals surface area contributed by atoms with Crippen LogP contribution in [0.25, 0.3) is 0 Å². The van der Waals surface area contributed by atoms with E-state index >= 15 is 0 Å². The van der Waals surface area contributed by atoms with E-state index in [1.54, 1.807) is 0 Å². The summed E-state index contributed by atoms with van der Waals surface area (Å²) in [5.74, 6) is -1.82. The van der Waals surface area contributed by atoms with Crippen LogP contribution in [0.15, 0.2) is 0 Å². The lowest BCUT2D eigenvalue weighted by atomic mass is 10.2. The van der Waals surface area contributed by atoms with Crippen molar-refractivity contribution in [2.75, 3.05) is 13.7 Å². The van der Waals surface area contributed by atoms with Gasteiger partial charge in [-0.25, -0.2) is 4.79 Å². The molecule has 5 nitrogen and oxygen atoms in total. The molecule has 0 aromatic carbocycles. The van der Waals surface area contributed by atoms with E-state index < -0.39 is 36.9 Å². The molecule has 0 N–H and O–H groups in total. The third-order valence-electron chi connectivity index (χ3n) is 2.12. The molecule has 0 bridgehead atoms. The van der Waals surface area contributed by atoms with Crippen LogP contribution in [-0.4, -0.2) is 48.9 Å². The Morgan fingerprint density at radius 2 is 2.00 bits per heavy atom. The Hall–Kier alpha value is -1.31. The Morgan fingerprint density at radius 1 is 1.44 bits per heavy atom. The van der Waals surface area contributed by atoms with Gasteiger partial charge in [0.05, 0.1) is 13.7 Å². The maximum atomic E-state index is 12.4. The van der Waals surface area contributed by atoms with E-state index in [0.29, 0.717) is 4.90 Å². The molecule has 0 radical (unpaired) electrons. The van der Waals surface area contributed by atoms with Crippen molar-refractivity contribution >= 4 is 11.9 Å². The Morgan fingerprint density at radius 3 is 2.38 bits per heavy atom. The van der Waals surface area contributed by atoms with Crippen LogP contribution in [0.2, 0.25) is 0 Å². The zero-order valence-electron chi connectivity index (χ0n) is 8.58. The van der Waals surface area contributed by atoms with Gasteiger partial charge in [-0.15, -0.1) is 0 Å². The van der Waals surface area contributed by atoms with Crippen molar-refractivity contribution in [3.05, 3.63) is 0 Å². The maximum Gasteiger partial charge on any atom is 0.433 e. The van der Waals surface area contributed by atoms with Crippen LogP contribution in [0.4, 0.5) is 13.2 Å². The summed E-state index contributed by atoms with van der Waals surface area (Å²) in [5.41, 5.74) is 0. The summed E-state index contributed by atoms with van der Waals surface area (Å²) in [5, 5.41) is 0. The number of carbonyl (C=O) groups is 2. The minimum absolute atomic E-state index is 0.339. The standard InChI is InChI=1S/C8H10F3NO4/c1-4(13)12-5(6(14)15-2)3-16-7(12)8(9,10)11/h5,7H,3H2,1-2H3/t5-,7-/m0/s1. The molecule has 92 valence electrons. The van der Waals surface area contributed by atoms with Crippen molar-refractivity contribution in [3.8, 4) is 0 Å². The van der Waals surface area contributed by atoms with Crippen LogP contribution in [0.3, 0.4) is 0 Å². The van der Waals surface area contributed by atoms with E-state index in [9.17, 15) is 22.8 Å². The van der Waals surface area contributed by atoms with Gasteiger partial charge in [0.15, 0.2) is 6.04 Å². The predicted molar refractivity (Wildman–Crippen MR) is 44.1 cm³/mol. The first-order valence-electron chi connectivity index (χ1n) is 4.34. The Labute approximate surface area is 89.1 Å². The summed E-state index contributed by atoms with van der Waals surface area (Å²) in [7, 11) is 1.03. The lowest BCUT2D eigenvalue weighted by Crippen LogP contribution is -2.50. The fourth-order valence-electron chi connectivity index (χ4n) is 1.46. The predicted octanol–water partition coefficient (Wildman–Crippen LogP) is 0.295. The normalized spacial score (nSPS) is 25.7. The molecular formula is C8H10F3NO4. The van der Waals surface area contributed by atoms with Crippen molar-refractivity contribution in [3.63, 3.8) is 0 Å². The average Bonchev–Trinajstić information content (AvgIpc) is 2.59. The van der Waals surface area contributed by atoms with Gasteiger partial charge in [0.25, 0.3) is 0 Å². The maximum absolute atomic E-state index is 12.4. The van der Waals surface area contributed by atoms with Gasteiger partial charge in [-0.05, 0) is 0 Å². The summed E-state index contributed by atoms with van der Waals surface area (Å²) >= 11 is 0. The summed E-state index contributed by atoms with van der Waals surface area (Å²) in [6.07, 6.45) is -7.11. The molecule has 1 saturated heterocycles. The highest BCUT2D eigenvalue weighted by Gasteiger charge is 2.54. The van der Waals surface area contributed by atoms with Crippen LogP contribution in [0, 0.1) is 0 Å². The Kier molecular flexibility index (Phi) is 3.41. The molecule has 0 unspecified atom stereocenters. The number of carbonyl (C=O) groups excluding carboxylic acids is 2. The molecule has 0 saturated carbocycles. The van der Waals surface area contributed by atoms with Crippen LogP contribution in [0.5, 0.6) is 0 Å². The number of ether oxygens (including phenoxy) is 2. The van der Waals surface area contributed by atoms with Crippen LogP contribution >= 0.6 is 0 Å². The molecule has 1 rings (SSSR count). The fraction of sp³-hybridized carbons (Fsp3) is 0.750. The molecule has 16 heavy (non-hydrogen) atoms. The highest BCUT2D eigenvalue weighted by Crippen LogP contribution is 2.32. The zero-order chi connectivity index (χ0) is 12.5. The van der Waals surface area contributed by atoms with Gasteiger partial charge >= 0.3 is 12.1 Å². The number of amides is 1. The first-order valence-corrected chi connectivity index (χ1v) is 4.34. The van der Waals surface area contributed by atoms with E-state index in [-0.39, 0.29) is 0 Å². The number of alkyl halides is 3. The second-order valence-electron chi connectivity index (χ2n) is 3.19. The topological polar surface area (TPSA) is 55.8 Å². The Balaban J connectivity index is 2.94. The number of methoxy groups -OCH3 is 1. The molecule has 0 aliphatic carbocycles. The summed E-state index contributed by atoms with van der Waals surface area (Å²) < 4.78 is 46.0. The second kappa shape index (κ2) is 4.28. The van der Waals surface area contributed by atoms with Gasteiger partial charge in [0.1, 0.15) is 0 Å².